The third-order valence-electron chi connectivity index (χ3n) is 4.14. The number of nitrogens with one attached hydrogen (secondary N) is 2. The molecule has 2 atom stereocenters. The van der Waals surface area contributed by atoms with Crippen LogP contribution in [0.4, 0.5) is 0 Å². The van der Waals surface area contributed by atoms with Crippen LogP contribution in [0.1, 0.15) is 49.9 Å². The summed E-state index contributed by atoms with van der Waals surface area (Å²) in [7, 11) is 0. The van der Waals surface area contributed by atoms with Crippen LogP contribution in [0.15, 0.2) is 24.3 Å². The summed E-state index contributed by atoms with van der Waals surface area (Å²) in [5.74, 6) is 1.02. The van der Waals surface area contributed by atoms with Crippen molar-refractivity contribution in [1.82, 2.24) is 10.6 Å². The fraction of sp³-hybridized carbons (Fsp3) is 0.556. The van der Waals surface area contributed by atoms with Gasteiger partial charge < -0.3 is 15.4 Å². The number of carbonyl (C=O) groups excluding carboxylic acids is 2. The molecule has 1 aliphatic carbocycles. The van der Waals surface area contributed by atoms with Crippen LogP contribution in [0.2, 0.25) is 0 Å². The molecule has 0 heterocycles. The van der Waals surface area contributed by atoms with Crippen molar-refractivity contribution < 1.29 is 14.3 Å². The molecule has 0 aromatic heterocycles. The standard InChI is InChI=1S/C18H26N2O3/c1-3-23-16-9-7-14(8-10-16)18(22)19-12-17(21)20-15-6-4-5-13(2)11-15/h7-10,13,15H,3-6,11-12H2,1-2H3,(H,19,22)(H,20,21). The minimum atomic E-state index is -0.250. The third-order valence-corrected chi connectivity index (χ3v) is 4.14. The van der Waals surface area contributed by atoms with Gasteiger partial charge in [0.1, 0.15) is 5.75 Å². The Labute approximate surface area is 137 Å². The van der Waals surface area contributed by atoms with Gasteiger partial charge in [0.25, 0.3) is 5.91 Å². The van der Waals surface area contributed by atoms with E-state index in [9.17, 15) is 9.59 Å². The number of amides is 2. The number of ether oxygens (including phenoxy) is 1. The lowest BCUT2D eigenvalue weighted by Crippen LogP contribution is -2.43. The lowest BCUT2D eigenvalue weighted by molar-refractivity contribution is -0.121. The van der Waals surface area contributed by atoms with Crippen LogP contribution in [0.25, 0.3) is 0 Å². The van der Waals surface area contributed by atoms with E-state index >= 15 is 0 Å². The minimum Gasteiger partial charge on any atom is -0.494 e. The Morgan fingerprint density at radius 1 is 1.22 bits per heavy atom. The van der Waals surface area contributed by atoms with Crippen molar-refractivity contribution in [1.29, 1.82) is 0 Å². The second-order valence-corrected chi connectivity index (χ2v) is 6.18. The van der Waals surface area contributed by atoms with E-state index in [1.165, 1.54) is 6.42 Å². The molecule has 2 rings (SSSR count). The number of hydrogen-bond donors (Lipinski definition) is 2. The Kier molecular flexibility index (Phi) is 6.44. The molecule has 2 amide bonds. The molecular weight excluding hydrogens is 292 g/mol. The molecule has 126 valence electrons. The largest absolute Gasteiger partial charge is 0.494 e. The van der Waals surface area contributed by atoms with Gasteiger partial charge in [-0.2, -0.15) is 0 Å². The van der Waals surface area contributed by atoms with Crippen LogP contribution in [-0.4, -0.2) is 31.0 Å². The molecule has 1 aromatic carbocycles. The van der Waals surface area contributed by atoms with Crippen LogP contribution in [0.5, 0.6) is 5.75 Å². The summed E-state index contributed by atoms with van der Waals surface area (Å²) in [6.07, 6.45) is 4.45. The molecule has 0 bridgehead atoms. The first-order valence-corrected chi connectivity index (χ1v) is 8.39. The summed E-state index contributed by atoms with van der Waals surface area (Å²) < 4.78 is 5.34. The zero-order valence-electron chi connectivity index (χ0n) is 13.9. The summed E-state index contributed by atoms with van der Waals surface area (Å²) >= 11 is 0. The van der Waals surface area contributed by atoms with Gasteiger partial charge in [-0.3, -0.25) is 9.59 Å². The number of carbonyl (C=O) groups is 2. The van der Waals surface area contributed by atoms with Crippen LogP contribution in [0.3, 0.4) is 0 Å². The Balaban J connectivity index is 1.75. The van der Waals surface area contributed by atoms with Gasteiger partial charge in [-0.15, -0.1) is 0 Å². The first-order valence-electron chi connectivity index (χ1n) is 8.39. The van der Waals surface area contributed by atoms with Crippen LogP contribution < -0.4 is 15.4 Å². The number of rotatable bonds is 6. The predicted octanol–water partition coefficient (Wildman–Crippen LogP) is 2.51. The summed E-state index contributed by atoms with van der Waals surface area (Å²) in [5.41, 5.74) is 0.521. The smallest absolute Gasteiger partial charge is 0.251 e. The molecule has 2 unspecified atom stereocenters. The maximum atomic E-state index is 12.0. The molecule has 0 aliphatic heterocycles. The fourth-order valence-electron chi connectivity index (χ4n) is 2.98. The van der Waals surface area contributed by atoms with Crippen molar-refractivity contribution in [2.24, 2.45) is 5.92 Å². The molecule has 1 aromatic rings. The zero-order chi connectivity index (χ0) is 16.7. The van der Waals surface area contributed by atoms with Gasteiger partial charge in [0.05, 0.1) is 13.2 Å². The molecule has 5 heteroatoms. The Morgan fingerprint density at radius 3 is 2.61 bits per heavy atom. The van der Waals surface area contributed by atoms with Crippen molar-refractivity contribution in [3.05, 3.63) is 29.8 Å². The average molecular weight is 318 g/mol. The molecule has 0 saturated heterocycles. The molecule has 23 heavy (non-hydrogen) atoms. The van der Waals surface area contributed by atoms with Crippen molar-refractivity contribution in [2.45, 2.75) is 45.6 Å². The highest BCUT2D eigenvalue weighted by Gasteiger charge is 2.20. The first-order chi connectivity index (χ1) is 11.1. The molecule has 1 fully saturated rings. The summed E-state index contributed by atoms with van der Waals surface area (Å²) in [6.45, 7) is 4.72. The second-order valence-electron chi connectivity index (χ2n) is 6.18. The van der Waals surface area contributed by atoms with Gasteiger partial charge in [-0.05, 0) is 49.9 Å². The van der Waals surface area contributed by atoms with E-state index in [4.69, 9.17) is 4.74 Å². The minimum absolute atomic E-state index is 0.0108. The highest BCUT2D eigenvalue weighted by atomic mass is 16.5. The SMILES string of the molecule is CCOc1ccc(C(=O)NCC(=O)NC2CCCC(C)C2)cc1. The summed E-state index contributed by atoms with van der Waals surface area (Å²) in [4.78, 5) is 24.0. The molecule has 0 spiro atoms. The Hall–Kier alpha value is -2.04. The topological polar surface area (TPSA) is 67.4 Å². The monoisotopic (exact) mass is 318 g/mol. The molecule has 0 radical (unpaired) electrons. The van der Waals surface area contributed by atoms with E-state index in [1.54, 1.807) is 24.3 Å². The lowest BCUT2D eigenvalue weighted by atomic mass is 9.87. The molecule has 5 nitrogen and oxygen atoms in total. The van der Waals surface area contributed by atoms with Gasteiger partial charge in [0.2, 0.25) is 5.91 Å². The molecule has 1 aliphatic rings. The van der Waals surface area contributed by atoms with Gasteiger partial charge in [-0.25, -0.2) is 0 Å². The van der Waals surface area contributed by atoms with E-state index in [2.05, 4.69) is 17.6 Å². The Bertz CT molecular complexity index is 528. The summed E-state index contributed by atoms with van der Waals surface area (Å²) in [6, 6.07) is 7.14. The average Bonchev–Trinajstić information content (AvgIpc) is 2.54. The number of benzene rings is 1. The molecule has 1 saturated carbocycles. The number of hydrogen-bond acceptors (Lipinski definition) is 3. The van der Waals surface area contributed by atoms with Crippen molar-refractivity contribution in [2.75, 3.05) is 13.2 Å². The van der Waals surface area contributed by atoms with Crippen LogP contribution in [0, 0.1) is 5.92 Å². The van der Waals surface area contributed by atoms with Gasteiger partial charge in [0, 0.05) is 11.6 Å². The van der Waals surface area contributed by atoms with Gasteiger partial charge in [0.15, 0.2) is 0 Å². The molecular formula is C18H26N2O3. The van der Waals surface area contributed by atoms with E-state index in [-0.39, 0.29) is 24.4 Å². The summed E-state index contributed by atoms with van der Waals surface area (Å²) in [5, 5.41) is 5.67. The van der Waals surface area contributed by atoms with Gasteiger partial charge >= 0.3 is 0 Å². The second kappa shape index (κ2) is 8.56. The lowest BCUT2D eigenvalue weighted by Gasteiger charge is -2.27. The predicted molar refractivity (Wildman–Crippen MR) is 89.5 cm³/mol. The quantitative estimate of drug-likeness (QED) is 0.847. The third kappa shape index (κ3) is 5.58. The van der Waals surface area contributed by atoms with Crippen molar-refractivity contribution in [3.8, 4) is 5.75 Å². The zero-order valence-corrected chi connectivity index (χ0v) is 13.9. The highest BCUT2D eigenvalue weighted by molar-refractivity contribution is 5.96. The Morgan fingerprint density at radius 2 is 1.96 bits per heavy atom. The van der Waals surface area contributed by atoms with E-state index in [0.29, 0.717) is 18.1 Å². The van der Waals surface area contributed by atoms with Crippen molar-refractivity contribution >= 4 is 11.8 Å². The molecule has 2 N–H and O–H groups in total. The maximum Gasteiger partial charge on any atom is 0.251 e. The van der Waals surface area contributed by atoms with Crippen LogP contribution >= 0.6 is 0 Å². The van der Waals surface area contributed by atoms with Crippen molar-refractivity contribution in [3.63, 3.8) is 0 Å². The van der Waals surface area contributed by atoms with E-state index < -0.39 is 0 Å². The maximum absolute atomic E-state index is 12.0. The highest BCUT2D eigenvalue weighted by Crippen LogP contribution is 2.23. The van der Waals surface area contributed by atoms with Gasteiger partial charge in [-0.1, -0.05) is 19.8 Å². The first kappa shape index (κ1) is 17.3. The van der Waals surface area contributed by atoms with Crippen LogP contribution in [-0.2, 0) is 4.79 Å². The van der Waals surface area contributed by atoms with E-state index in [0.717, 1.165) is 25.0 Å². The fourth-order valence-corrected chi connectivity index (χ4v) is 2.98. The van der Waals surface area contributed by atoms with E-state index in [1.807, 2.05) is 6.92 Å². The normalized spacial score (nSPS) is 20.6.